The van der Waals surface area contributed by atoms with Gasteiger partial charge in [0.25, 0.3) is 0 Å². The summed E-state index contributed by atoms with van der Waals surface area (Å²) in [7, 11) is 0. The van der Waals surface area contributed by atoms with Crippen molar-refractivity contribution in [3.05, 3.63) is 0 Å². The van der Waals surface area contributed by atoms with E-state index in [1.54, 1.807) is 0 Å². The highest BCUT2D eigenvalue weighted by molar-refractivity contribution is 7.80. The smallest absolute Gasteiger partial charge is 0.360 e. The quantitative estimate of drug-likeness (QED) is 0.780. The maximum atomic E-state index is 12.4. The normalized spacial score (nSPS) is 36.1. The second-order valence-electron chi connectivity index (χ2n) is 6.74. The highest BCUT2D eigenvalue weighted by Gasteiger charge is 2.40. The van der Waals surface area contributed by atoms with Gasteiger partial charge in [-0.2, -0.15) is 13.2 Å². The van der Waals surface area contributed by atoms with Crippen LogP contribution in [0.15, 0.2) is 0 Å². The third kappa shape index (κ3) is 4.00. The van der Waals surface area contributed by atoms with Crippen LogP contribution < -0.4 is 10.6 Å². The van der Waals surface area contributed by atoms with Crippen molar-refractivity contribution in [1.29, 1.82) is 0 Å². The molecule has 3 fully saturated rings. The summed E-state index contributed by atoms with van der Waals surface area (Å²) in [6.07, 6.45) is 1.73. The average Bonchev–Trinajstić information content (AvgIpc) is 3.04. The van der Waals surface area contributed by atoms with E-state index in [-0.39, 0.29) is 6.04 Å². The Morgan fingerprint density at radius 2 is 1.95 bits per heavy atom. The molecule has 0 spiro atoms. The van der Waals surface area contributed by atoms with Crippen LogP contribution >= 0.6 is 12.2 Å². The standard InChI is InChI=1S/C14H22F3N3S/c15-14(16,17)8-20-4-3-11(7-20)18-13(21)19-12-6-9-1-2-10(12)5-9/h9-12H,1-8H2,(H2,18,19,21). The van der Waals surface area contributed by atoms with Crippen molar-refractivity contribution in [3.63, 3.8) is 0 Å². The number of nitrogens with one attached hydrogen (secondary N) is 2. The SMILES string of the molecule is FC(F)(F)CN1CCC(NC(=S)NC2CC3CCC2C3)C1. The average molecular weight is 321 g/mol. The summed E-state index contributed by atoms with van der Waals surface area (Å²) in [5.41, 5.74) is 0. The van der Waals surface area contributed by atoms with E-state index in [0.29, 0.717) is 30.7 Å². The summed E-state index contributed by atoms with van der Waals surface area (Å²) < 4.78 is 37.1. The lowest BCUT2D eigenvalue weighted by Crippen LogP contribution is -2.48. The molecule has 2 bridgehead atoms. The van der Waals surface area contributed by atoms with Crippen molar-refractivity contribution >= 4 is 17.3 Å². The first-order valence-corrected chi connectivity index (χ1v) is 8.16. The van der Waals surface area contributed by atoms with Gasteiger partial charge in [-0.15, -0.1) is 0 Å². The number of thiocarbonyl (C=S) groups is 1. The Morgan fingerprint density at radius 3 is 2.57 bits per heavy atom. The second-order valence-corrected chi connectivity index (χ2v) is 7.14. The van der Waals surface area contributed by atoms with Crippen molar-refractivity contribution in [2.45, 2.75) is 50.4 Å². The number of hydrogen-bond acceptors (Lipinski definition) is 2. The Bertz CT molecular complexity index is 401. The molecule has 2 saturated carbocycles. The first-order valence-electron chi connectivity index (χ1n) is 7.75. The predicted molar refractivity (Wildman–Crippen MR) is 79.0 cm³/mol. The molecule has 0 amide bonds. The van der Waals surface area contributed by atoms with Crippen molar-refractivity contribution in [3.8, 4) is 0 Å². The highest BCUT2D eigenvalue weighted by atomic mass is 32.1. The Morgan fingerprint density at radius 1 is 1.14 bits per heavy atom. The van der Waals surface area contributed by atoms with E-state index in [1.165, 1.54) is 30.6 Å². The summed E-state index contributed by atoms with van der Waals surface area (Å²) in [6, 6.07) is 0.502. The number of halogens is 3. The van der Waals surface area contributed by atoms with Crippen LogP contribution in [0.4, 0.5) is 13.2 Å². The minimum Gasteiger partial charge on any atom is -0.360 e. The largest absolute Gasteiger partial charge is 0.401 e. The molecule has 0 aromatic heterocycles. The molecule has 3 nitrogen and oxygen atoms in total. The number of nitrogens with zero attached hydrogens (tertiary/aromatic N) is 1. The van der Waals surface area contributed by atoms with Crippen molar-refractivity contribution in [1.82, 2.24) is 15.5 Å². The predicted octanol–water partition coefficient (Wildman–Crippen LogP) is 2.28. The molecule has 4 atom stereocenters. The number of likely N-dealkylation sites (tertiary alicyclic amines) is 1. The zero-order valence-corrected chi connectivity index (χ0v) is 12.8. The maximum absolute atomic E-state index is 12.4. The van der Waals surface area contributed by atoms with Crippen LogP contribution in [0, 0.1) is 11.8 Å². The number of rotatable bonds is 3. The van der Waals surface area contributed by atoms with Gasteiger partial charge >= 0.3 is 6.18 Å². The summed E-state index contributed by atoms with van der Waals surface area (Å²) in [4.78, 5) is 1.44. The fraction of sp³-hybridized carbons (Fsp3) is 0.929. The third-order valence-corrected chi connectivity index (χ3v) is 5.30. The first kappa shape index (κ1) is 15.3. The molecule has 21 heavy (non-hydrogen) atoms. The van der Waals surface area contributed by atoms with Crippen molar-refractivity contribution in [2.75, 3.05) is 19.6 Å². The second kappa shape index (κ2) is 5.91. The van der Waals surface area contributed by atoms with Crippen LogP contribution in [-0.4, -0.2) is 47.9 Å². The maximum Gasteiger partial charge on any atom is 0.401 e. The summed E-state index contributed by atoms with van der Waals surface area (Å²) >= 11 is 5.33. The lowest BCUT2D eigenvalue weighted by molar-refractivity contribution is -0.143. The topological polar surface area (TPSA) is 27.3 Å². The molecule has 1 aliphatic heterocycles. The van der Waals surface area contributed by atoms with Gasteiger partial charge in [0.1, 0.15) is 0 Å². The van der Waals surface area contributed by atoms with Crippen LogP contribution in [0.3, 0.4) is 0 Å². The lowest BCUT2D eigenvalue weighted by Gasteiger charge is -2.26. The first-order chi connectivity index (χ1) is 9.89. The Labute approximate surface area is 128 Å². The molecule has 2 aliphatic carbocycles. The number of fused-ring (bicyclic) bond motifs is 2. The third-order valence-electron chi connectivity index (χ3n) is 5.07. The van der Waals surface area contributed by atoms with E-state index in [0.717, 1.165) is 11.8 Å². The molecular weight excluding hydrogens is 299 g/mol. The van der Waals surface area contributed by atoms with E-state index < -0.39 is 12.7 Å². The van der Waals surface area contributed by atoms with Gasteiger partial charge in [0, 0.05) is 25.2 Å². The van der Waals surface area contributed by atoms with Crippen LogP contribution in [0.25, 0.3) is 0 Å². The van der Waals surface area contributed by atoms with Crippen LogP contribution in [0.2, 0.25) is 0 Å². The minimum atomic E-state index is -4.11. The molecule has 3 aliphatic rings. The van der Waals surface area contributed by atoms with Crippen LogP contribution in [0.1, 0.15) is 32.1 Å². The van der Waals surface area contributed by atoms with Gasteiger partial charge in [0.2, 0.25) is 0 Å². The molecule has 2 N–H and O–H groups in total. The summed E-state index contributed by atoms with van der Waals surface area (Å²) in [5.74, 6) is 1.59. The Kier molecular flexibility index (Phi) is 4.32. The summed E-state index contributed by atoms with van der Waals surface area (Å²) in [6.45, 7) is 0.0731. The Hall–Kier alpha value is -0.560. The Balaban J connectivity index is 1.40. The van der Waals surface area contributed by atoms with E-state index in [4.69, 9.17) is 12.2 Å². The molecule has 120 valence electrons. The molecule has 1 saturated heterocycles. The zero-order chi connectivity index (χ0) is 15.0. The van der Waals surface area contributed by atoms with Crippen molar-refractivity contribution < 1.29 is 13.2 Å². The van der Waals surface area contributed by atoms with E-state index in [2.05, 4.69) is 10.6 Å². The molecular formula is C14H22F3N3S. The highest BCUT2D eigenvalue weighted by Crippen LogP contribution is 2.44. The van der Waals surface area contributed by atoms with Gasteiger partial charge in [-0.05, 0) is 49.7 Å². The van der Waals surface area contributed by atoms with Crippen LogP contribution in [-0.2, 0) is 0 Å². The molecule has 1 heterocycles. The summed E-state index contributed by atoms with van der Waals surface area (Å²) in [5, 5.41) is 7.19. The van der Waals surface area contributed by atoms with Crippen molar-refractivity contribution in [2.24, 2.45) is 11.8 Å². The van der Waals surface area contributed by atoms with E-state index in [1.807, 2.05) is 0 Å². The molecule has 4 unspecified atom stereocenters. The van der Waals surface area contributed by atoms with Gasteiger partial charge in [0.05, 0.1) is 6.54 Å². The monoisotopic (exact) mass is 321 g/mol. The number of hydrogen-bond donors (Lipinski definition) is 2. The minimum absolute atomic E-state index is 0.0333. The van der Waals surface area contributed by atoms with Crippen LogP contribution in [0.5, 0.6) is 0 Å². The zero-order valence-electron chi connectivity index (χ0n) is 12.0. The van der Waals surface area contributed by atoms with Gasteiger partial charge in [-0.1, -0.05) is 6.42 Å². The van der Waals surface area contributed by atoms with Gasteiger partial charge in [-0.3, -0.25) is 4.90 Å². The van der Waals surface area contributed by atoms with Gasteiger partial charge in [-0.25, -0.2) is 0 Å². The fourth-order valence-electron chi connectivity index (χ4n) is 4.16. The van der Waals surface area contributed by atoms with Gasteiger partial charge < -0.3 is 10.6 Å². The number of alkyl halides is 3. The molecule has 7 heteroatoms. The molecule has 0 aromatic carbocycles. The van der Waals surface area contributed by atoms with Gasteiger partial charge in [0.15, 0.2) is 5.11 Å². The molecule has 0 aromatic rings. The fourth-order valence-corrected chi connectivity index (χ4v) is 4.48. The van der Waals surface area contributed by atoms with E-state index >= 15 is 0 Å². The molecule has 3 rings (SSSR count). The van der Waals surface area contributed by atoms with E-state index in [9.17, 15) is 13.2 Å². The lowest BCUT2D eigenvalue weighted by atomic mass is 9.95. The molecule has 0 radical (unpaired) electrons.